The van der Waals surface area contributed by atoms with Crippen molar-refractivity contribution in [2.24, 2.45) is 81.0 Å². The Morgan fingerprint density at radius 1 is 0.558 bits per heavy atom. The minimum atomic E-state index is 0. The van der Waals surface area contributed by atoms with Crippen molar-refractivity contribution < 1.29 is 43.7 Å². The standard InChI is InChI=1S/C11H15NO.C10H13NO.2C10H20.CH4.4CH3.2Fe/c1-7-6-11(8(2)13)12-10-5-3-4-9(7)10;1-7-5-8(6-12)11-10-4-2-3-9(7)10;2*1-6-7(2)9(4)10(5)8(6)3;;;;;;;/h6,9-10H,3-5H2,1-2H3;5-6,9-10H,2-4H2,1H3;2*6-10H,1-5H3;1H4;4*1H3;;/q;;;;;4*-1;2*+2. The zero-order chi connectivity index (χ0) is 33.7. The minimum absolute atomic E-state index is 0. The maximum absolute atomic E-state index is 11.2. The van der Waals surface area contributed by atoms with Gasteiger partial charge in [0.2, 0.25) is 0 Å². The first kappa shape index (κ1) is 60.4. The van der Waals surface area contributed by atoms with E-state index in [2.05, 4.69) is 93.1 Å². The van der Waals surface area contributed by atoms with Gasteiger partial charge in [-0.2, -0.15) is 0 Å². The number of hydrogen-bond acceptors (Lipinski definition) is 4. The van der Waals surface area contributed by atoms with Crippen LogP contribution < -0.4 is 0 Å². The molecule has 0 aromatic carbocycles. The molecule has 0 saturated heterocycles. The van der Waals surface area contributed by atoms with Crippen molar-refractivity contribution in [3.8, 4) is 0 Å². The van der Waals surface area contributed by atoms with E-state index in [1.807, 2.05) is 12.2 Å². The molecule has 4 unspecified atom stereocenters. The second kappa shape index (κ2) is 26.9. The van der Waals surface area contributed by atoms with E-state index >= 15 is 0 Å². The smallest absolute Gasteiger partial charge is 0.358 e. The first-order chi connectivity index (χ1) is 21.1. The van der Waals surface area contributed by atoms with Crippen molar-refractivity contribution in [3.63, 3.8) is 0 Å². The summed E-state index contributed by atoms with van der Waals surface area (Å²) < 4.78 is 0. The van der Waals surface area contributed by atoms with Gasteiger partial charge in [0.15, 0.2) is 12.1 Å². The number of rotatable bonds is 2. The van der Waals surface area contributed by atoms with Crippen LogP contribution in [0.1, 0.15) is 136 Å². The summed E-state index contributed by atoms with van der Waals surface area (Å²) in [5.41, 5.74) is 4.01. The van der Waals surface area contributed by atoms with Crippen molar-refractivity contribution in [3.05, 3.63) is 53.0 Å². The third-order valence-corrected chi connectivity index (χ3v) is 14.3. The largest absolute Gasteiger partial charge is 2.00 e. The van der Waals surface area contributed by atoms with Crippen LogP contribution in [0.2, 0.25) is 0 Å². The molecule has 0 spiro atoms. The van der Waals surface area contributed by atoms with Crippen molar-refractivity contribution in [2.45, 2.75) is 148 Å². The Morgan fingerprint density at radius 2 is 0.846 bits per heavy atom. The van der Waals surface area contributed by atoms with Crippen molar-refractivity contribution >= 4 is 23.5 Å². The van der Waals surface area contributed by atoms with Crippen LogP contribution in [0.4, 0.5) is 0 Å². The van der Waals surface area contributed by atoms with E-state index in [1.54, 1.807) is 6.92 Å². The third-order valence-electron chi connectivity index (χ3n) is 14.3. The van der Waals surface area contributed by atoms with Crippen LogP contribution in [0.5, 0.6) is 0 Å². The van der Waals surface area contributed by atoms with Gasteiger partial charge < -0.3 is 29.7 Å². The van der Waals surface area contributed by atoms with Crippen LogP contribution in [0.15, 0.2) is 33.3 Å². The summed E-state index contributed by atoms with van der Waals surface area (Å²) in [6, 6.07) is 0.819. The number of carbonyl (C=O) groups excluding carboxylic acids is 2. The second-order valence-corrected chi connectivity index (χ2v) is 16.3. The molecule has 6 aliphatic rings. The average molecular weight is 809 g/mol. The number of carbonyl (C=O) groups is 2. The number of aldehydes is 1. The topological polar surface area (TPSA) is 58.9 Å². The predicted octanol–water partition coefficient (Wildman–Crippen LogP) is 12.7. The molecule has 4 fully saturated rings. The molecule has 0 aromatic heterocycles. The van der Waals surface area contributed by atoms with E-state index in [0.29, 0.717) is 35.3 Å². The number of Topliss-reactive ketones (excluding diaryl/α,β-unsaturated/α-hetero) is 1. The monoisotopic (exact) mass is 809 g/mol. The van der Waals surface area contributed by atoms with Gasteiger partial charge >= 0.3 is 34.1 Å². The molecule has 0 N–H and O–H groups in total. The summed E-state index contributed by atoms with van der Waals surface area (Å²) in [6.07, 6.45) is 12.1. The van der Waals surface area contributed by atoms with Gasteiger partial charge in [0.1, 0.15) is 5.71 Å². The molecule has 4 aliphatic carbocycles. The maximum Gasteiger partial charge on any atom is 2.00 e. The van der Waals surface area contributed by atoms with E-state index in [0.717, 1.165) is 78.3 Å². The Balaban J connectivity index is -0.000000182. The maximum atomic E-state index is 11.2. The summed E-state index contributed by atoms with van der Waals surface area (Å²) in [5.74, 6) is 10.7. The molecule has 0 bridgehead atoms. The number of allylic oxidation sites excluding steroid dienone is 2. The Kier molecular flexibility index (Phi) is 31.3. The van der Waals surface area contributed by atoms with Crippen LogP contribution in [-0.2, 0) is 43.7 Å². The Hall–Kier alpha value is -0.801. The average Bonchev–Trinajstić information content (AvgIpc) is 3.78. The van der Waals surface area contributed by atoms with Crippen molar-refractivity contribution in [1.82, 2.24) is 0 Å². The number of nitrogens with zero attached hydrogens (tertiary/aromatic N) is 2. The molecule has 6 heteroatoms. The van der Waals surface area contributed by atoms with Gasteiger partial charge in [-0.05, 0) is 111 Å². The van der Waals surface area contributed by atoms with Crippen LogP contribution in [0.25, 0.3) is 0 Å². The summed E-state index contributed by atoms with van der Waals surface area (Å²) in [4.78, 5) is 30.5. The van der Waals surface area contributed by atoms with E-state index in [-0.39, 0.29) is 77.1 Å². The van der Waals surface area contributed by atoms with Gasteiger partial charge in [0.25, 0.3) is 0 Å². The second-order valence-electron chi connectivity index (χ2n) is 16.3. The number of fused-ring (bicyclic) bond motifs is 2. The Bertz CT molecular complexity index is 1040. The molecule has 0 radical (unpaired) electrons. The number of aliphatic imine (C=N–C) groups is 2. The first-order valence-electron chi connectivity index (χ1n) is 18.6. The van der Waals surface area contributed by atoms with Crippen molar-refractivity contribution in [1.29, 1.82) is 0 Å². The van der Waals surface area contributed by atoms with Gasteiger partial charge in [-0.15, -0.1) is 0 Å². The summed E-state index contributed by atoms with van der Waals surface area (Å²) >= 11 is 0. The molecule has 4 saturated carbocycles. The molecule has 2 heterocycles. The molecule has 306 valence electrons. The molecule has 0 amide bonds. The Morgan fingerprint density at radius 3 is 1.13 bits per heavy atom. The number of ketones is 1. The van der Waals surface area contributed by atoms with Gasteiger partial charge in [-0.1, -0.05) is 101 Å². The fourth-order valence-electron chi connectivity index (χ4n) is 9.41. The Labute approximate surface area is 347 Å². The summed E-state index contributed by atoms with van der Waals surface area (Å²) in [6.45, 7) is 29.8. The first-order valence-corrected chi connectivity index (χ1v) is 18.6. The van der Waals surface area contributed by atoms with Crippen LogP contribution in [-0.4, -0.2) is 35.6 Å². The summed E-state index contributed by atoms with van der Waals surface area (Å²) in [5, 5.41) is 0. The number of hydrogen-bond donors (Lipinski definition) is 0. The minimum Gasteiger partial charge on any atom is -0.358 e. The normalized spacial score (nSPS) is 37.2. The molecular weight excluding hydrogens is 724 g/mol. The van der Waals surface area contributed by atoms with Crippen LogP contribution >= 0.6 is 0 Å². The molecule has 4 atom stereocenters. The predicted molar refractivity (Wildman–Crippen MR) is 225 cm³/mol. The van der Waals surface area contributed by atoms with Gasteiger partial charge in [-0.25, -0.2) is 0 Å². The third kappa shape index (κ3) is 14.4. The van der Waals surface area contributed by atoms with Crippen LogP contribution in [0, 0.1) is 101 Å². The summed E-state index contributed by atoms with van der Waals surface area (Å²) in [7, 11) is 0. The fourth-order valence-corrected chi connectivity index (χ4v) is 9.41. The van der Waals surface area contributed by atoms with Gasteiger partial charge in [0.05, 0.1) is 17.8 Å². The van der Waals surface area contributed by atoms with Gasteiger partial charge in [0, 0.05) is 18.8 Å². The molecule has 0 aromatic rings. The van der Waals surface area contributed by atoms with E-state index in [1.165, 1.54) is 36.8 Å². The van der Waals surface area contributed by atoms with E-state index in [9.17, 15) is 9.59 Å². The molecule has 2 aliphatic heterocycles. The number of dihydropyridines is 2. The molecule has 52 heavy (non-hydrogen) atoms. The zero-order valence-electron chi connectivity index (χ0n) is 36.0. The van der Waals surface area contributed by atoms with Gasteiger partial charge in [-0.3, -0.25) is 19.6 Å². The van der Waals surface area contributed by atoms with E-state index in [4.69, 9.17) is 0 Å². The van der Waals surface area contributed by atoms with Crippen molar-refractivity contribution in [2.75, 3.05) is 0 Å². The molecular formula is C46H84Fe2N2O2. The SMILES string of the molecule is C.CC(=O)C1=NC2CCCC2C(C)=C1.CC1=CC(C=O)=NC2CCCC12.CC1C(C)C(C)C(C)C1C.CC1C(C)C(C)C(C)C1C.[CH3-].[CH3-].[CH3-].[CH3-].[Fe+2].[Fe+2]. The van der Waals surface area contributed by atoms with E-state index < -0.39 is 0 Å². The quantitative estimate of drug-likeness (QED) is 0.158. The van der Waals surface area contributed by atoms with Crippen LogP contribution in [0.3, 0.4) is 0 Å². The molecule has 4 nitrogen and oxygen atoms in total. The molecule has 6 rings (SSSR count). The fraction of sp³-hybridized carbons (Fsp3) is 0.739. The zero-order valence-corrected chi connectivity index (χ0v) is 38.2.